The van der Waals surface area contributed by atoms with Crippen molar-refractivity contribution in [2.45, 2.75) is 24.5 Å². The summed E-state index contributed by atoms with van der Waals surface area (Å²) in [5, 5.41) is 10.6. The average Bonchev–Trinajstić information content (AvgIpc) is 3.09. The molecule has 2 aromatic carbocycles. The number of para-hydroxylation sites is 2. The van der Waals surface area contributed by atoms with Crippen LogP contribution in [0.25, 0.3) is 11.0 Å². The van der Waals surface area contributed by atoms with E-state index in [4.69, 9.17) is 11.6 Å². The number of hydrogen-bond donors (Lipinski definition) is 1. The van der Waals surface area contributed by atoms with Gasteiger partial charge in [-0.25, -0.2) is 4.98 Å². The zero-order valence-electron chi connectivity index (χ0n) is 16.3. The molecular formula is C22H22ClN3O3S. The highest BCUT2D eigenvalue weighted by molar-refractivity contribution is 7.99. The van der Waals surface area contributed by atoms with Gasteiger partial charge in [-0.15, -0.1) is 0 Å². The third kappa shape index (κ3) is 4.63. The third-order valence-corrected chi connectivity index (χ3v) is 6.68. The zero-order chi connectivity index (χ0) is 21.1. The van der Waals surface area contributed by atoms with Gasteiger partial charge in [0.05, 0.1) is 11.0 Å². The standard InChI is InChI=1S/C22H22ClN3O3S/c23-17-7-3-6-16(11-17)21(29)25-10-4-5-15(12-25)14-30-22-24-18-8-1-2-9-19(18)26(22)13-20(27)28/h1-3,6-9,11,15H,4-5,10,12-14H2,(H,27,28). The molecule has 1 aliphatic rings. The molecule has 1 amide bonds. The molecule has 1 atom stereocenters. The number of thioether (sulfide) groups is 1. The van der Waals surface area contributed by atoms with Gasteiger partial charge in [-0.05, 0) is 49.1 Å². The lowest BCUT2D eigenvalue weighted by Gasteiger charge is -2.32. The van der Waals surface area contributed by atoms with E-state index in [-0.39, 0.29) is 12.5 Å². The van der Waals surface area contributed by atoms with Crippen molar-refractivity contribution in [3.8, 4) is 0 Å². The number of hydrogen-bond acceptors (Lipinski definition) is 4. The Balaban J connectivity index is 1.45. The van der Waals surface area contributed by atoms with Gasteiger partial charge in [-0.2, -0.15) is 0 Å². The second-order valence-corrected chi connectivity index (χ2v) is 8.87. The summed E-state index contributed by atoms with van der Waals surface area (Å²) in [5.41, 5.74) is 2.23. The van der Waals surface area contributed by atoms with E-state index in [1.54, 1.807) is 40.6 Å². The molecule has 4 rings (SSSR count). The summed E-state index contributed by atoms with van der Waals surface area (Å²) in [6, 6.07) is 14.6. The Bertz CT molecular complexity index is 1080. The van der Waals surface area contributed by atoms with Crippen molar-refractivity contribution in [3.63, 3.8) is 0 Å². The topological polar surface area (TPSA) is 75.4 Å². The van der Waals surface area contributed by atoms with Crippen molar-refractivity contribution in [2.75, 3.05) is 18.8 Å². The molecule has 1 fully saturated rings. The van der Waals surface area contributed by atoms with Crippen LogP contribution in [0.5, 0.6) is 0 Å². The summed E-state index contributed by atoms with van der Waals surface area (Å²) >= 11 is 7.60. The van der Waals surface area contributed by atoms with Gasteiger partial charge < -0.3 is 14.6 Å². The number of carbonyl (C=O) groups is 2. The number of benzene rings is 2. The first-order chi connectivity index (χ1) is 14.5. The number of fused-ring (bicyclic) bond motifs is 1. The largest absolute Gasteiger partial charge is 0.480 e. The number of aliphatic carboxylic acids is 1. The van der Waals surface area contributed by atoms with Crippen LogP contribution in [-0.4, -0.2) is 50.3 Å². The average molecular weight is 444 g/mol. The molecule has 0 aliphatic carbocycles. The highest BCUT2D eigenvalue weighted by atomic mass is 35.5. The van der Waals surface area contributed by atoms with Crippen LogP contribution in [-0.2, 0) is 11.3 Å². The molecular weight excluding hydrogens is 422 g/mol. The van der Waals surface area contributed by atoms with Gasteiger partial charge in [0.25, 0.3) is 5.91 Å². The molecule has 3 aromatic rings. The maximum absolute atomic E-state index is 12.8. The summed E-state index contributed by atoms with van der Waals surface area (Å²) in [6.45, 7) is 1.30. The van der Waals surface area contributed by atoms with Gasteiger partial charge in [-0.3, -0.25) is 9.59 Å². The number of rotatable bonds is 6. The number of likely N-dealkylation sites (tertiary alicyclic amines) is 1. The van der Waals surface area contributed by atoms with E-state index in [0.29, 0.717) is 28.2 Å². The molecule has 30 heavy (non-hydrogen) atoms. The first kappa shape index (κ1) is 20.8. The Morgan fingerprint density at radius 2 is 2.03 bits per heavy atom. The van der Waals surface area contributed by atoms with Gasteiger partial charge >= 0.3 is 5.97 Å². The van der Waals surface area contributed by atoms with Crippen molar-refractivity contribution in [3.05, 3.63) is 59.1 Å². The number of carbonyl (C=O) groups excluding carboxylic acids is 1. The smallest absolute Gasteiger partial charge is 0.323 e. The van der Waals surface area contributed by atoms with Crippen molar-refractivity contribution in [1.82, 2.24) is 14.5 Å². The molecule has 0 bridgehead atoms. The lowest BCUT2D eigenvalue weighted by Crippen LogP contribution is -2.40. The van der Waals surface area contributed by atoms with E-state index in [1.165, 1.54) is 0 Å². The molecule has 6 nitrogen and oxygen atoms in total. The number of aromatic nitrogens is 2. The van der Waals surface area contributed by atoms with Crippen molar-refractivity contribution in [2.24, 2.45) is 5.92 Å². The minimum atomic E-state index is -0.893. The summed E-state index contributed by atoms with van der Waals surface area (Å²) < 4.78 is 1.75. The monoisotopic (exact) mass is 443 g/mol. The predicted molar refractivity (Wildman–Crippen MR) is 118 cm³/mol. The van der Waals surface area contributed by atoms with Crippen LogP contribution in [0.15, 0.2) is 53.7 Å². The summed E-state index contributed by atoms with van der Waals surface area (Å²) in [5.74, 6) is 0.216. The Morgan fingerprint density at radius 3 is 2.83 bits per heavy atom. The van der Waals surface area contributed by atoms with Gasteiger partial charge in [0, 0.05) is 29.4 Å². The van der Waals surface area contributed by atoms with Gasteiger partial charge in [0.2, 0.25) is 0 Å². The minimum Gasteiger partial charge on any atom is -0.480 e. The molecule has 8 heteroatoms. The molecule has 1 aliphatic heterocycles. The van der Waals surface area contributed by atoms with Crippen LogP contribution in [0.2, 0.25) is 5.02 Å². The number of halogens is 1. The Morgan fingerprint density at radius 1 is 1.20 bits per heavy atom. The van der Waals surface area contributed by atoms with E-state index < -0.39 is 5.97 Å². The number of nitrogens with zero attached hydrogens (tertiary/aromatic N) is 3. The number of carboxylic acids is 1. The SMILES string of the molecule is O=C(O)Cn1c(SCC2CCCN(C(=O)c3cccc(Cl)c3)C2)nc2ccccc21. The maximum Gasteiger partial charge on any atom is 0.323 e. The van der Waals surface area contributed by atoms with Gasteiger partial charge in [0.15, 0.2) is 5.16 Å². The van der Waals surface area contributed by atoms with E-state index in [0.717, 1.165) is 36.2 Å². The predicted octanol–water partition coefficient (Wildman–Crippen LogP) is 4.42. The fourth-order valence-corrected chi connectivity index (χ4v) is 5.16. The molecule has 0 saturated carbocycles. The van der Waals surface area contributed by atoms with Crippen LogP contribution in [0.4, 0.5) is 0 Å². The van der Waals surface area contributed by atoms with E-state index in [1.807, 2.05) is 29.2 Å². The number of piperidine rings is 1. The second kappa shape index (κ2) is 9.10. The highest BCUT2D eigenvalue weighted by Crippen LogP contribution is 2.29. The third-order valence-electron chi connectivity index (χ3n) is 5.24. The molecule has 0 radical (unpaired) electrons. The van der Waals surface area contributed by atoms with E-state index in [9.17, 15) is 14.7 Å². The van der Waals surface area contributed by atoms with Crippen LogP contribution in [0.1, 0.15) is 23.2 Å². The number of amides is 1. The summed E-state index contributed by atoms with van der Waals surface area (Å²) in [6.07, 6.45) is 1.98. The highest BCUT2D eigenvalue weighted by Gasteiger charge is 2.25. The first-order valence-corrected chi connectivity index (χ1v) is 11.2. The Hall–Kier alpha value is -2.51. The molecule has 0 spiro atoms. The van der Waals surface area contributed by atoms with Crippen LogP contribution >= 0.6 is 23.4 Å². The van der Waals surface area contributed by atoms with Crippen LogP contribution < -0.4 is 0 Å². The fraction of sp³-hybridized carbons (Fsp3) is 0.318. The second-order valence-electron chi connectivity index (χ2n) is 7.44. The molecule has 156 valence electrons. The van der Waals surface area contributed by atoms with Gasteiger partial charge in [-0.1, -0.05) is 41.6 Å². The van der Waals surface area contributed by atoms with Gasteiger partial charge in [0.1, 0.15) is 6.54 Å². The van der Waals surface area contributed by atoms with Crippen molar-refractivity contribution < 1.29 is 14.7 Å². The molecule has 1 aromatic heterocycles. The number of imidazole rings is 1. The summed E-state index contributed by atoms with van der Waals surface area (Å²) in [4.78, 5) is 30.7. The Kier molecular flexibility index (Phi) is 6.29. The lowest BCUT2D eigenvalue weighted by atomic mass is 9.99. The van der Waals surface area contributed by atoms with E-state index in [2.05, 4.69) is 4.98 Å². The van der Waals surface area contributed by atoms with Crippen molar-refractivity contribution >= 4 is 46.3 Å². The van der Waals surface area contributed by atoms with Crippen LogP contribution in [0, 0.1) is 5.92 Å². The van der Waals surface area contributed by atoms with Crippen molar-refractivity contribution in [1.29, 1.82) is 0 Å². The maximum atomic E-state index is 12.8. The first-order valence-electron chi connectivity index (χ1n) is 9.86. The lowest BCUT2D eigenvalue weighted by molar-refractivity contribution is -0.137. The minimum absolute atomic E-state index is 0.00492. The normalized spacial score (nSPS) is 16.7. The quantitative estimate of drug-likeness (QED) is 0.571. The zero-order valence-corrected chi connectivity index (χ0v) is 17.9. The fourth-order valence-electron chi connectivity index (χ4n) is 3.83. The number of carboxylic acid groups (broad SMARTS) is 1. The molecule has 1 N–H and O–H groups in total. The molecule has 2 heterocycles. The molecule has 1 saturated heterocycles. The summed E-state index contributed by atoms with van der Waals surface area (Å²) in [7, 11) is 0. The van der Waals surface area contributed by atoms with Crippen LogP contribution in [0.3, 0.4) is 0 Å². The Labute approximate surface area is 183 Å². The molecule has 1 unspecified atom stereocenters. The van der Waals surface area contributed by atoms with E-state index >= 15 is 0 Å².